The SMILES string of the molecule is CC(=NO)c1c(-c2ccccc2)n(-c2ccc(O)cc2)c2ccccc12.CC(=O)c1c(-c2ccccc2)n(-c2ccc(O)cc2)c2ccccc12.COc1ccc(-n2c(-c3ccccc3)c(Br)c3ccccc32)cc1.COc1ccc(-n2c(-c3ccccc3)c(C(C)=O)c3ccccc32)cc1.COc1ccc(-n2c(-c3ccccc3)cc3ccccc32)cc1.c1ccc(-c2cc3ccccc3[nH]2)cc1. The first-order valence-electron chi connectivity index (χ1n) is 45.6. The molecule has 139 heavy (non-hydrogen) atoms. The minimum atomic E-state index is 0.0348. The van der Waals surface area contributed by atoms with Crippen LogP contribution in [0.2, 0.25) is 0 Å². The lowest BCUT2D eigenvalue weighted by Gasteiger charge is -2.13. The van der Waals surface area contributed by atoms with Crippen molar-refractivity contribution in [3.05, 3.63) is 482 Å². The molecule has 0 aliphatic carbocycles. The first-order valence-corrected chi connectivity index (χ1v) is 46.4. The highest BCUT2D eigenvalue weighted by atomic mass is 79.9. The molecule has 0 saturated carbocycles. The zero-order valence-electron chi connectivity index (χ0n) is 77.3. The fourth-order valence-electron chi connectivity index (χ4n) is 18.1. The summed E-state index contributed by atoms with van der Waals surface area (Å²) in [6.07, 6.45) is 0. The second-order valence-corrected chi connectivity index (χ2v) is 33.9. The average molecular weight is 1880 g/mol. The number of nitrogens with one attached hydrogen (secondary N) is 1. The number of rotatable bonds is 17. The smallest absolute Gasteiger partial charge is 0.162 e. The summed E-state index contributed by atoms with van der Waals surface area (Å²) in [7, 11) is 5.03. The Morgan fingerprint density at radius 2 is 0.561 bits per heavy atom. The summed E-state index contributed by atoms with van der Waals surface area (Å²) in [5.41, 5.74) is 27.5. The molecule has 6 aromatic heterocycles. The van der Waals surface area contributed by atoms with Crippen LogP contribution in [0, 0.1) is 0 Å². The van der Waals surface area contributed by atoms with Gasteiger partial charge in [0.25, 0.3) is 0 Å². The van der Waals surface area contributed by atoms with Crippen molar-refractivity contribution < 1.29 is 39.2 Å². The van der Waals surface area contributed by atoms with E-state index in [4.69, 9.17) is 14.2 Å². The molecular weight excluding hydrogens is 1780 g/mol. The third-order valence-corrected chi connectivity index (χ3v) is 25.2. The summed E-state index contributed by atoms with van der Waals surface area (Å²) in [6, 6.07) is 153. The highest BCUT2D eigenvalue weighted by Gasteiger charge is 2.27. The number of aromatic hydroxyl groups is 2. The van der Waals surface area contributed by atoms with Gasteiger partial charge in [-0.2, -0.15) is 0 Å². The number of para-hydroxylation sites is 6. The van der Waals surface area contributed by atoms with Crippen LogP contribution in [0.15, 0.2) is 471 Å². The molecule has 0 bridgehead atoms. The molecule has 16 heteroatoms. The Morgan fingerprint density at radius 3 is 0.928 bits per heavy atom. The van der Waals surface area contributed by atoms with Crippen molar-refractivity contribution >= 4 is 98.6 Å². The number of Topliss-reactive ketones (excluding diaryl/α,β-unsaturated/α-hetero) is 2. The number of phenolic OH excluding ortho intramolecular Hbond substituents is 2. The Kier molecular flexibility index (Phi) is 27.9. The maximum absolute atomic E-state index is 12.6. The number of ketones is 2. The number of benzene rings is 17. The van der Waals surface area contributed by atoms with E-state index in [1.54, 1.807) is 66.4 Å². The van der Waals surface area contributed by atoms with E-state index in [-0.39, 0.29) is 23.1 Å². The van der Waals surface area contributed by atoms with Gasteiger partial charge in [0.05, 0.1) is 98.7 Å². The van der Waals surface area contributed by atoms with Gasteiger partial charge in [-0.15, -0.1) is 0 Å². The zero-order chi connectivity index (χ0) is 95.8. The summed E-state index contributed by atoms with van der Waals surface area (Å²) in [5, 5.41) is 38.9. The lowest BCUT2D eigenvalue weighted by Crippen LogP contribution is -2.01. The molecule has 0 aliphatic rings. The number of nitrogens with zero attached hydrogens (tertiary/aromatic N) is 6. The maximum Gasteiger partial charge on any atom is 0.162 e. The van der Waals surface area contributed by atoms with E-state index in [9.17, 15) is 25.0 Å². The normalized spacial score (nSPS) is 11.0. The molecule has 680 valence electrons. The topological polar surface area (TPSA) is 175 Å². The average Bonchev–Trinajstić information content (AvgIpc) is 1.59. The number of phenols is 2. The molecule has 0 amide bonds. The number of halogens is 1. The molecule has 0 spiro atoms. The Hall–Kier alpha value is -17.7. The number of carbonyl (C=O) groups excluding carboxylic acids is 2. The third-order valence-electron chi connectivity index (χ3n) is 24.4. The predicted molar refractivity (Wildman–Crippen MR) is 572 cm³/mol. The number of fused-ring (bicyclic) bond motifs is 6. The van der Waals surface area contributed by atoms with Gasteiger partial charge in [-0.1, -0.05) is 296 Å². The monoisotopic (exact) mass is 1880 g/mol. The van der Waals surface area contributed by atoms with Crippen molar-refractivity contribution in [1.82, 2.24) is 27.8 Å². The number of carbonyl (C=O) groups is 2. The molecule has 4 N–H and O–H groups in total. The number of oxime groups is 1. The molecule has 0 unspecified atom stereocenters. The van der Waals surface area contributed by atoms with Gasteiger partial charge in [0.15, 0.2) is 11.6 Å². The molecule has 0 radical (unpaired) electrons. The van der Waals surface area contributed by atoms with Crippen LogP contribution in [0.4, 0.5) is 0 Å². The number of hydrogen-bond acceptors (Lipinski definition) is 9. The van der Waals surface area contributed by atoms with Crippen LogP contribution >= 0.6 is 15.9 Å². The summed E-state index contributed by atoms with van der Waals surface area (Å²) in [6.45, 7) is 5.04. The number of H-pyrrole nitrogens is 1. The third kappa shape index (κ3) is 19.4. The molecule has 0 aliphatic heterocycles. The van der Waals surface area contributed by atoms with Gasteiger partial charge >= 0.3 is 0 Å². The van der Waals surface area contributed by atoms with Gasteiger partial charge in [-0.3, -0.25) is 9.59 Å². The molecular formula is C123H98BrN7O8. The van der Waals surface area contributed by atoms with E-state index in [2.05, 4.69) is 231 Å². The van der Waals surface area contributed by atoms with Crippen LogP contribution in [0.25, 0.3) is 161 Å². The fourth-order valence-corrected chi connectivity index (χ4v) is 18.8. The highest BCUT2D eigenvalue weighted by molar-refractivity contribution is 9.10. The summed E-state index contributed by atoms with van der Waals surface area (Å²) < 4.78 is 27.9. The lowest BCUT2D eigenvalue weighted by molar-refractivity contribution is 0.101. The standard InChI is InChI=1S/C23H19NO2.C22H18N2O2.C22H17NO2.C21H16BrNO.C21H17NO.C14H11N/c1-16(25)22-20-10-6-7-11-21(20)24(18-12-14-19(26-2)15-13-18)23(22)17-8-4-3-5-9-17;1-15(23-26)21-19-9-5-6-10-20(19)24(17-11-13-18(25)14-12-17)22(21)16-7-3-2-4-8-16;1-15(24)21-19-9-5-6-10-20(19)23(17-11-13-18(25)14-12-17)22(21)16-7-3-2-4-8-16;1-24-17-13-11-16(12-14-17)23-19-10-6-5-9-18(19)20(22)21(23)15-7-3-2-4-8-15;1-23-19-13-11-18(12-14-19)22-20-10-6-5-9-17(20)15-21(22)16-7-3-2-4-8-16;1-2-6-11(7-3-1)14-10-12-8-4-5-9-13(12)15-14/h3-15H,1-2H3;2-14,25-26H,1H3;2-14,25H,1H3;2-14H,1H3;2-15H,1H3;1-10,15H. The second-order valence-electron chi connectivity index (χ2n) is 33.1. The van der Waals surface area contributed by atoms with Gasteiger partial charge in [0.1, 0.15) is 28.7 Å². The number of methoxy groups -OCH3 is 3. The van der Waals surface area contributed by atoms with Crippen LogP contribution in [0.5, 0.6) is 28.7 Å². The number of aromatic nitrogens is 6. The minimum absolute atomic E-state index is 0.0348. The summed E-state index contributed by atoms with van der Waals surface area (Å²) >= 11 is 3.82. The molecule has 23 rings (SSSR count). The number of ether oxygens (including phenoxy) is 3. The highest BCUT2D eigenvalue weighted by Crippen LogP contribution is 2.44. The van der Waals surface area contributed by atoms with E-state index in [1.807, 2.05) is 255 Å². The van der Waals surface area contributed by atoms with E-state index in [0.717, 1.165) is 139 Å². The van der Waals surface area contributed by atoms with Gasteiger partial charge in [0.2, 0.25) is 0 Å². The predicted octanol–water partition coefficient (Wildman–Crippen LogP) is 31.1. The van der Waals surface area contributed by atoms with Crippen LogP contribution < -0.4 is 14.2 Å². The van der Waals surface area contributed by atoms with Crippen LogP contribution in [-0.4, -0.2) is 81.8 Å². The molecule has 0 saturated heterocycles. The first kappa shape index (κ1) is 91.8. The molecule has 17 aromatic carbocycles. The quantitative estimate of drug-likeness (QED) is 0.0301. The maximum atomic E-state index is 12.6. The van der Waals surface area contributed by atoms with Crippen molar-refractivity contribution in [3.63, 3.8) is 0 Å². The van der Waals surface area contributed by atoms with E-state index in [1.165, 1.54) is 60.8 Å². The largest absolute Gasteiger partial charge is 0.508 e. The summed E-state index contributed by atoms with van der Waals surface area (Å²) in [5.74, 6) is 3.06. The Morgan fingerprint density at radius 1 is 0.281 bits per heavy atom. The van der Waals surface area contributed by atoms with Gasteiger partial charge in [-0.05, 0) is 240 Å². The van der Waals surface area contributed by atoms with Crippen LogP contribution in [-0.2, 0) is 0 Å². The van der Waals surface area contributed by atoms with E-state index < -0.39 is 0 Å². The van der Waals surface area contributed by atoms with Crippen LogP contribution in [0.1, 0.15) is 47.1 Å². The van der Waals surface area contributed by atoms with Gasteiger partial charge in [0, 0.05) is 77.5 Å². The van der Waals surface area contributed by atoms with Crippen molar-refractivity contribution in [3.8, 4) is 125 Å². The number of aromatic amines is 1. The van der Waals surface area contributed by atoms with Crippen LogP contribution in [0.3, 0.4) is 0 Å². The van der Waals surface area contributed by atoms with Crippen molar-refractivity contribution in [1.29, 1.82) is 0 Å². The van der Waals surface area contributed by atoms with Gasteiger partial charge in [-0.25, -0.2) is 0 Å². The fraction of sp³-hybridized carbons (Fsp3) is 0.0488. The lowest BCUT2D eigenvalue weighted by atomic mass is 10.0. The molecule has 0 fully saturated rings. The minimum Gasteiger partial charge on any atom is -0.508 e. The number of hydrogen-bond donors (Lipinski definition) is 4. The summed E-state index contributed by atoms with van der Waals surface area (Å²) in [4.78, 5) is 28.5. The van der Waals surface area contributed by atoms with Crippen molar-refractivity contribution in [2.24, 2.45) is 5.16 Å². The van der Waals surface area contributed by atoms with Crippen molar-refractivity contribution in [2.75, 3.05) is 21.3 Å². The molecule has 15 nitrogen and oxygen atoms in total. The Labute approximate surface area is 814 Å². The van der Waals surface area contributed by atoms with E-state index >= 15 is 0 Å². The van der Waals surface area contributed by atoms with Gasteiger partial charge < -0.3 is 57.5 Å². The van der Waals surface area contributed by atoms with Crippen molar-refractivity contribution in [2.45, 2.75) is 20.8 Å². The Balaban J connectivity index is 0.000000111. The van der Waals surface area contributed by atoms with E-state index in [0.29, 0.717) is 5.71 Å². The molecule has 0 atom stereocenters. The molecule has 6 heterocycles. The zero-order valence-corrected chi connectivity index (χ0v) is 78.9. The Bertz CT molecular complexity index is 8210. The molecule has 23 aromatic rings. The first-order chi connectivity index (χ1) is 68.2. The second kappa shape index (κ2) is 42.2.